The lowest BCUT2D eigenvalue weighted by atomic mass is 10.2. The van der Waals surface area contributed by atoms with E-state index in [1.807, 2.05) is 22.6 Å². The van der Waals surface area contributed by atoms with E-state index in [1.54, 1.807) is 4.72 Å². The molecule has 0 spiro atoms. The average molecular weight is 343 g/mol. The van der Waals surface area contributed by atoms with Crippen molar-refractivity contribution in [2.24, 2.45) is 0 Å². The van der Waals surface area contributed by atoms with Gasteiger partial charge < -0.3 is 0 Å². The van der Waals surface area contributed by atoms with E-state index >= 15 is 0 Å². The number of sulfonamides is 1. The Morgan fingerprint density at radius 3 is 2.60 bits per heavy atom. The van der Waals surface area contributed by atoms with Gasteiger partial charge in [0, 0.05) is 3.57 Å². The number of halogens is 2. The fraction of sp³-hybridized carbons (Fsp3) is 0.125. The molecule has 0 aliphatic heterocycles. The van der Waals surface area contributed by atoms with Crippen molar-refractivity contribution in [3.05, 3.63) is 33.1 Å². The zero-order valence-corrected chi connectivity index (χ0v) is 10.6. The third-order valence-electron chi connectivity index (χ3n) is 1.45. The molecule has 0 fully saturated rings. The normalized spacial score (nSPS) is 11.1. The highest BCUT2D eigenvalue weighted by Gasteiger charge is 2.14. The second-order valence-electron chi connectivity index (χ2n) is 2.83. The second-order valence-corrected chi connectivity index (χ2v) is 5.74. The molecule has 1 amide bonds. The summed E-state index contributed by atoms with van der Waals surface area (Å²) in [5.41, 5.74) is 0.000949. The number of benzene rings is 1. The van der Waals surface area contributed by atoms with Crippen molar-refractivity contribution in [3.8, 4) is 0 Å². The van der Waals surface area contributed by atoms with E-state index in [2.05, 4.69) is 0 Å². The fourth-order valence-electron chi connectivity index (χ4n) is 0.895. The Balaban J connectivity index is 3.06. The van der Waals surface area contributed by atoms with Crippen LogP contribution in [0.4, 0.5) is 4.39 Å². The van der Waals surface area contributed by atoms with E-state index in [1.165, 1.54) is 12.1 Å². The Hall–Kier alpha value is -0.700. The standard InChI is InChI=1S/C8H7FINO3S/c1-15(13,14)11-8(12)6-4-5(9)2-3-7(6)10/h2-4H,1H3,(H,11,12). The highest BCUT2D eigenvalue weighted by atomic mass is 127. The van der Waals surface area contributed by atoms with Gasteiger partial charge in [-0.05, 0) is 40.8 Å². The van der Waals surface area contributed by atoms with Gasteiger partial charge in [0.2, 0.25) is 10.0 Å². The number of rotatable bonds is 2. The first-order chi connectivity index (χ1) is 6.79. The Bertz CT molecular complexity index is 501. The van der Waals surface area contributed by atoms with Gasteiger partial charge >= 0.3 is 0 Å². The lowest BCUT2D eigenvalue weighted by molar-refractivity contribution is 0.0980. The van der Waals surface area contributed by atoms with Crippen LogP contribution in [0.25, 0.3) is 0 Å². The van der Waals surface area contributed by atoms with Gasteiger partial charge in [-0.15, -0.1) is 0 Å². The molecule has 0 aromatic heterocycles. The monoisotopic (exact) mass is 343 g/mol. The molecule has 0 radical (unpaired) electrons. The first-order valence-electron chi connectivity index (χ1n) is 3.77. The third-order valence-corrected chi connectivity index (χ3v) is 2.95. The summed E-state index contributed by atoms with van der Waals surface area (Å²) >= 11 is 1.82. The first-order valence-corrected chi connectivity index (χ1v) is 6.74. The molecule has 1 rings (SSSR count). The summed E-state index contributed by atoms with van der Waals surface area (Å²) in [6.07, 6.45) is 0.858. The fourth-order valence-corrected chi connectivity index (χ4v) is 1.92. The van der Waals surface area contributed by atoms with Crippen molar-refractivity contribution >= 4 is 38.5 Å². The van der Waals surface area contributed by atoms with E-state index in [9.17, 15) is 17.6 Å². The molecule has 7 heteroatoms. The Morgan fingerprint density at radius 1 is 1.47 bits per heavy atom. The van der Waals surface area contributed by atoms with E-state index in [0.717, 1.165) is 12.3 Å². The van der Waals surface area contributed by atoms with E-state index in [0.29, 0.717) is 3.57 Å². The highest BCUT2D eigenvalue weighted by Crippen LogP contribution is 2.13. The molecule has 4 nitrogen and oxygen atoms in total. The van der Waals surface area contributed by atoms with Gasteiger partial charge in [-0.3, -0.25) is 4.79 Å². The molecule has 1 aromatic rings. The molecule has 1 N–H and O–H groups in total. The quantitative estimate of drug-likeness (QED) is 0.819. The maximum atomic E-state index is 12.8. The molecule has 15 heavy (non-hydrogen) atoms. The minimum absolute atomic E-state index is 0.000949. The van der Waals surface area contributed by atoms with Gasteiger partial charge in [0.1, 0.15) is 5.82 Å². The van der Waals surface area contributed by atoms with Crippen LogP contribution in [0, 0.1) is 9.39 Å². The highest BCUT2D eigenvalue weighted by molar-refractivity contribution is 14.1. The van der Waals surface area contributed by atoms with Crippen molar-refractivity contribution in [3.63, 3.8) is 0 Å². The SMILES string of the molecule is CS(=O)(=O)NC(=O)c1cc(F)ccc1I. The minimum Gasteiger partial charge on any atom is -0.268 e. The van der Waals surface area contributed by atoms with E-state index in [4.69, 9.17) is 0 Å². The number of carbonyl (C=O) groups is 1. The van der Waals surface area contributed by atoms with Gasteiger partial charge in [0.15, 0.2) is 0 Å². The number of nitrogens with one attached hydrogen (secondary N) is 1. The van der Waals surface area contributed by atoms with Crippen LogP contribution < -0.4 is 4.72 Å². The smallest absolute Gasteiger partial charge is 0.265 e. The van der Waals surface area contributed by atoms with Gasteiger partial charge in [-0.1, -0.05) is 0 Å². The number of amides is 1. The van der Waals surface area contributed by atoms with Crippen LogP contribution in [-0.2, 0) is 10.0 Å². The predicted octanol–water partition coefficient (Wildman–Crippen LogP) is 1.12. The molecule has 0 saturated carbocycles. The summed E-state index contributed by atoms with van der Waals surface area (Å²) in [5.74, 6) is -1.42. The van der Waals surface area contributed by atoms with Crippen LogP contribution in [0.3, 0.4) is 0 Å². The lowest BCUT2D eigenvalue weighted by Gasteiger charge is -2.04. The maximum absolute atomic E-state index is 12.8. The number of hydrogen-bond donors (Lipinski definition) is 1. The van der Waals surface area contributed by atoms with E-state index < -0.39 is 21.7 Å². The van der Waals surface area contributed by atoms with Crippen LogP contribution in [0.5, 0.6) is 0 Å². The summed E-state index contributed by atoms with van der Waals surface area (Å²) in [6.45, 7) is 0. The molecule has 1 aromatic carbocycles. The van der Waals surface area contributed by atoms with Crippen LogP contribution in [-0.4, -0.2) is 20.6 Å². The summed E-state index contributed by atoms with van der Waals surface area (Å²) in [6, 6.07) is 3.58. The molecule has 0 saturated heterocycles. The molecule has 0 atom stereocenters. The molecule has 0 heterocycles. The van der Waals surface area contributed by atoms with Crippen molar-refractivity contribution in [2.45, 2.75) is 0 Å². The summed E-state index contributed by atoms with van der Waals surface area (Å²) < 4.78 is 36.6. The molecular weight excluding hydrogens is 336 g/mol. The van der Waals surface area contributed by atoms with Gasteiger partial charge in [-0.25, -0.2) is 17.5 Å². The number of hydrogen-bond acceptors (Lipinski definition) is 3. The van der Waals surface area contributed by atoms with Crippen molar-refractivity contribution in [1.82, 2.24) is 4.72 Å². The first kappa shape index (κ1) is 12.4. The Morgan fingerprint density at radius 2 is 2.07 bits per heavy atom. The predicted molar refractivity (Wildman–Crippen MR) is 61.4 cm³/mol. The zero-order chi connectivity index (χ0) is 11.6. The van der Waals surface area contributed by atoms with Crippen LogP contribution in [0.2, 0.25) is 0 Å². The van der Waals surface area contributed by atoms with Gasteiger partial charge in [0.05, 0.1) is 11.8 Å². The summed E-state index contributed by atoms with van der Waals surface area (Å²) in [7, 11) is -3.63. The lowest BCUT2D eigenvalue weighted by Crippen LogP contribution is -2.29. The van der Waals surface area contributed by atoms with Crippen molar-refractivity contribution in [1.29, 1.82) is 0 Å². The molecule has 0 bridgehead atoms. The topological polar surface area (TPSA) is 63.2 Å². The Kier molecular flexibility index (Phi) is 3.66. The third kappa shape index (κ3) is 3.74. The van der Waals surface area contributed by atoms with E-state index in [-0.39, 0.29) is 5.56 Å². The largest absolute Gasteiger partial charge is 0.268 e. The van der Waals surface area contributed by atoms with Crippen LogP contribution in [0.15, 0.2) is 18.2 Å². The Labute approximate surface area is 100 Å². The molecule has 0 unspecified atom stereocenters. The average Bonchev–Trinajstić information content (AvgIpc) is 2.06. The zero-order valence-electron chi connectivity index (χ0n) is 7.62. The molecular formula is C8H7FINO3S. The minimum atomic E-state index is -3.63. The molecule has 82 valence electrons. The summed E-state index contributed by atoms with van der Waals surface area (Å²) in [5, 5.41) is 0. The molecule has 0 aliphatic rings. The van der Waals surface area contributed by atoms with Gasteiger partial charge in [-0.2, -0.15) is 0 Å². The maximum Gasteiger partial charge on any atom is 0.265 e. The van der Waals surface area contributed by atoms with Gasteiger partial charge in [0.25, 0.3) is 5.91 Å². The second kappa shape index (κ2) is 4.44. The number of carbonyl (C=O) groups excluding carboxylic acids is 1. The van der Waals surface area contributed by atoms with Crippen molar-refractivity contribution < 1.29 is 17.6 Å². The van der Waals surface area contributed by atoms with Crippen LogP contribution >= 0.6 is 22.6 Å². The summed E-state index contributed by atoms with van der Waals surface area (Å²) in [4.78, 5) is 11.4. The van der Waals surface area contributed by atoms with Crippen LogP contribution in [0.1, 0.15) is 10.4 Å². The van der Waals surface area contributed by atoms with Crippen molar-refractivity contribution in [2.75, 3.05) is 6.26 Å². The molecule has 0 aliphatic carbocycles.